The van der Waals surface area contributed by atoms with Crippen molar-refractivity contribution in [2.45, 2.75) is 12.8 Å². The van der Waals surface area contributed by atoms with Crippen LogP contribution < -0.4 is 4.74 Å². The summed E-state index contributed by atoms with van der Waals surface area (Å²) in [5.74, 6) is 0.437. The summed E-state index contributed by atoms with van der Waals surface area (Å²) in [5.41, 5.74) is 5.57. The molecular weight excluding hydrogens is 398 g/mol. The maximum Gasteiger partial charge on any atom is 0.168 e. The van der Waals surface area contributed by atoms with Crippen molar-refractivity contribution in [1.29, 1.82) is 0 Å². The van der Waals surface area contributed by atoms with E-state index >= 15 is 0 Å². The predicted molar refractivity (Wildman–Crippen MR) is 123 cm³/mol. The van der Waals surface area contributed by atoms with Gasteiger partial charge in [0.25, 0.3) is 0 Å². The minimum atomic E-state index is -0.327. The number of allylic oxidation sites excluding steroid dienone is 1. The predicted octanol–water partition coefficient (Wildman–Crippen LogP) is 5.51. The normalized spacial score (nSPS) is 24.1. The zero-order valence-electron chi connectivity index (χ0n) is 17.4. The van der Waals surface area contributed by atoms with Crippen molar-refractivity contribution < 1.29 is 14.3 Å². The molecule has 0 fully saturated rings. The molecule has 4 aromatic rings. The van der Waals surface area contributed by atoms with Gasteiger partial charge in [0.2, 0.25) is 0 Å². The molecule has 32 heavy (non-hydrogen) atoms. The van der Waals surface area contributed by atoms with Crippen LogP contribution in [0.4, 0.5) is 0 Å². The fourth-order valence-corrected chi connectivity index (χ4v) is 6.12. The number of carbonyl (C=O) groups excluding carboxylic acids is 2. The average Bonchev–Trinajstić information content (AvgIpc) is 3.10. The van der Waals surface area contributed by atoms with Gasteiger partial charge in [0.1, 0.15) is 12.4 Å². The fraction of sp³-hybridized carbons (Fsp3) is 0.214. The number of H-pyrrole nitrogens is 1. The van der Waals surface area contributed by atoms with Gasteiger partial charge in [-0.15, -0.1) is 0 Å². The summed E-state index contributed by atoms with van der Waals surface area (Å²) in [5, 5.41) is 2.35. The van der Waals surface area contributed by atoms with Gasteiger partial charge < -0.3 is 9.72 Å². The molecule has 4 heteroatoms. The summed E-state index contributed by atoms with van der Waals surface area (Å²) in [4.78, 5) is 30.6. The highest BCUT2D eigenvalue weighted by atomic mass is 16.5. The maximum atomic E-state index is 13.7. The van der Waals surface area contributed by atoms with Gasteiger partial charge >= 0.3 is 0 Å². The van der Waals surface area contributed by atoms with Gasteiger partial charge in [-0.3, -0.25) is 9.59 Å². The fourth-order valence-electron chi connectivity index (χ4n) is 6.12. The van der Waals surface area contributed by atoms with Crippen molar-refractivity contribution in [2.24, 2.45) is 17.8 Å². The molecule has 0 amide bonds. The van der Waals surface area contributed by atoms with Crippen LogP contribution in [-0.2, 0) is 6.42 Å². The summed E-state index contributed by atoms with van der Waals surface area (Å²) in [7, 11) is 0. The largest absolute Gasteiger partial charge is 0.489 e. The van der Waals surface area contributed by atoms with Crippen molar-refractivity contribution in [2.75, 3.05) is 6.61 Å². The van der Waals surface area contributed by atoms with Crippen LogP contribution in [0, 0.1) is 17.8 Å². The Balaban J connectivity index is 1.40. The topological polar surface area (TPSA) is 59.2 Å². The highest BCUT2D eigenvalue weighted by molar-refractivity contribution is 6.16. The number of hydrogen-bond acceptors (Lipinski definition) is 3. The number of aromatic nitrogens is 1. The molecule has 0 saturated carbocycles. The Morgan fingerprint density at radius 1 is 0.812 bits per heavy atom. The molecule has 0 spiro atoms. The average molecular weight is 419 g/mol. The van der Waals surface area contributed by atoms with Gasteiger partial charge in [-0.2, -0.15) is 0 Å². The molecule has 0 saturated heterocycles. The third kappa shape index (κ3) is 2.32. The molecular formula is C28H21NO3. The number of ether oxygens (including phenoxy) is 1. The van der Waals surface area contributed by atoms with E-state index in [9.17, 15) is 9.59 Å². The molecule has 0 bridgehead atoms. The number of nitrogens with one attached hydrogen (secondary N) is 1. The minimum absolute atomic E-state index is 0.0307. The van der Waals surface area contributed by atoms with Crippen LogP contribution in [0.3, 0.4) is 0 Å². The Morgan fingerprint density at radius 2 is 1.59 bits per heavy atom. The van der Waals surface area contributed by atoms with Crippen molar-refractivity contribution in [3.05, 3.63) is 89.0 Å². The molecule has 1 N–H and O–H groups in total. The first kappa shape index (κ1) is 18.0. The van der Waals surface area contributed by atoms with Gasteiger partial charge in [-0.1, -0.05) is 48.5 Å². The summed E-state index contributed by atoms with van der Waals surface area (Å²) >= 11 is 0. The van der Waals surface area contributed by atoms with E-state index < -0.39 is 0 Å². The minimum Gasteiger partial charge on any atom is -0.489 e. The summed E-state index contributed by atoms with van der Waals surface area (Å²) in [6.45, 7) is 0.468. The molecule has 1 aromatic heterocycles. The van der Waals surface area contributed by atoms with Crippen LogP contribution >= 0.6 is 0 Å². The number of fused-ring (bicyclic) bond motifs is 9. The van der Waals surface area contributed by atoms with Crippen molar-refractivity contribution in [1.82, 2.24) is 4.98 Å². The van der Waals surface area contributed by atoms with Gasteiger partial charge in [-0.25, -0.2) is 0 Å². The van der Waals surface area contributed by atoms with E-state index in [0.717, 1.165) is 27.9 Å². The Bertz CT molecular complexity index is 1490. The zero-order chi connectivity index (χ0) is 21.4. The van der Waals surface area contributed by atoms with E-state index in [1.807, 2.05) is 24.3 Å². The van der Waals surface area contributed by atoms with Crippen LogP contribution in [0.15, 0.2) is 72.3 Å². The molecule has 3 aromatic carbocycles. The number of aromatic amines is 1. The zero-order valence-corrected chi connectivity index (χ0v) is 17.4. The molecule has 2 heterocycles. The van der Waals surface area contributed by atoms with E-state index in [0.29, 0.717) is 30.6 Å². The van der Waals surface area contributed by atoms with Gasteiger partial charge in [0, 0.05) is 44.8 Å². The Hall–Kier alpha value is -3.66. The Kier molecular flexibility index (Phi) is 3.61. The SMILES string of the molecule is O=C1c2ccccc2C(=O)[C@H]2CC=C3COc4ccc5c([nH]c6ccccc65)c4C[C@H]3[C@@H]12. The summed E-state index contributed by atoms with van der Waals surface area (Å²) in [6, 6.07) is 19.8. The smallest absolute Gasteiger partial charge is 0.168 e. The lowest BCUT2D eigenvalue weighted by atomic mass is 9.62. The van der Waals surface area contributed by atoms with Crippen LogP contribution in [0.5, 0.6) is 5.75 Å². The van der Waals surface area contributed by atoms with E-state index in [4.69, 9.17) is 4.74 Å². The van der Waals surface area contributed by atoms with Gasteiger partial charge in [-0.05, 0) is 42.5 Å². The lowest BCUT2D eigenvalue weighted by molar-refractivity contribution is 0.0666. The number of carbonyl (C=O) groups is 2. The third-order valence-corrected chi connectivity index (χ3v) is 7.64. The first-order valence-electron chi connectivity index (χ1n) is 11.2. The highest BCUT2D eigenvalue weighted by Crippen LogP contribution is 2.47. The maximum absolute atomic E-state index is 13.7. The Morgan fingerprint density at radius 3 is 2.47 bits per heavy atom. The number of Topliss-reactive ketones (excluding diaryl/α,β-unsaturated/α-hetero) is 2. The molecule has 156 valence electrons. The molecule has 7 rings (SSSR count). The number of rotatable bonds is 0. The number of para-hydroxylation sites is 1. The first-order valence-corrected chi connectivity index (χ1v) is 11.2. The summed E-state index contributed by atoms with van der Waals surface area (Å²) < 4.78 is 6.25. The van der Waals surface area contributed by atoms with Crippen LogP contribution in [0.25, 0.3) is 21.8 Å². The van der Waals surface area contributed by atoms with E-state index in [-0.39, 0.29) is 29.3 Å². The molecule has 3 aliphatic rings. The molecule has 2 aliphatic carbocycles. The lowest BCUT2D eigenvalue weighted by Gasteiger charge is -2.39. The van der Waals surface area contributed by atoms with E-state index in [2.05, 4.69) is 35.3 Å². The molecule has 0 unspecified atom stereocenters. The molecule has 3 atom stereocenters. The molecule has 0 radical (unpaired) electrons. The van der Waals surface area contributed by atoms with Crippen molar-refractivity contribution >= 4 is 33.4 Å². The van der Waals surface area contributed by atoms with Crippen molar-refractivity contribution in [3.8, 4) is 5.75 Å². The van der Waals surface area contributed by atoms with Crippen LogP contribution in [-0.4, -0.2) is 23.2 Å². The van der Waals surface area contributed by atoms with E-state index in [1.54, 1.807) is 12.1 Å². The van der Waals surface area contributed by atoms with Gasteiger partial charge in [0.05, 0.1) is 5.52 Å². The highest BCUT2D eigenvalue weighted by Gasteiger charge is 2.48. The lowest BCUT2D eigenvalue weighted by Crippen LogP contribution is -2.44. The summed E-state index contributed by atoms with van der Waals surface area (Å²) in [6.07, 6.45) is 3.45. The Labute approximate surface area is 184 Å². The van der Waals surface area contributed by atoms with Crippen LogP contribution in [0.2, 0.25) is 0 Å². The van der Waals surface area contributed by atoms with Crippen LogP contribution in [0.1, 0.15) is 32.7 Å². The van der Waals surface area contributed by atoms with E-state index in [1.165, 1.54) is 10.8 Å². The van der Waals surface area contributed by atoms with Gasteiger partial charge in [0.15, 0.2) is 11.6 Å². The first-order chi connectivity index (χ1) is 15.7. The monoisotopic (exact) mass is 419 g/mol. The standard InChI is InChI=1S/C28H21NO3/c30-27-18-6-1-2-7-19(18)28(31)25-20(27)10-9-15-14-32-24-12-11-17-16-5-3-4-8-23(16)29-26(17)22(24)13-21(15)25/h1-9,11-12,20-21,25,29H,10,13-14H2/t20-,21+,25-/m0/s1. The number of hydrogen-bond donors (Lipinski definition) is 1. The second-order valence-corrected chi connectivity index (χ2v) is 9.16. The number of ketones is 2. The third-order valence-electron chi connectivity index (χ3n) is 7.64. The number of benzene rings is 3. The second-order valence-electron chi connectivity index (χ2n) is 9.16. The quantitative estimate of drug-likeness (QED) is 0.382. The second kappa shape index (κ2) is 6.42. The molecule has 4 nitrogen and oxygen atoms in total. The molecule has 1 aliphatic heterocycles. The van der Waals surface area contributed by atoms with Crippen molar-refractivity contribution in [3.63, 3.8) is 0 Å².